The Morgan fingerprint density at radius 3 is 2.34 bits per heavy atom. The van der Waals surface area contributed by atoms with Crippen molar-refractivity contribution in [1.29, 1.82) is 0 Å². The molecule has 6 heteroatoms. The maximum atomic E-state index is 13.6. The van der Waals surface area contributed by atoms with Gasteiger partial charge in [-0.1, -0.05) is 90.8 Å². The lowest BCUT2D eigenvalue weighted by Gasteiger charge is -2.31. The quantitative estimate of drug-likeness (QED) is 0.324. The summed E-state index contributed by atoms with van der Waals surface area (Å²) in [5.41, 5.74) is 4.26. The Labute approximate surface area is 218 Å². The van der Waals surface area contributed by atoms with Crippen LogP contribution in [-0.2, 0) is 28.3 Å². The maximum Gasteiger partial charge on any atom is 0.243 e. The number of nitrogens with one attached hydrogen (secondary N) is 1. The predicted molar refractivity (Wildman–Crippen MR) is 147 cm³/mol. The van der Waals surface area contributed by atoms with Crippen molar-refractivity contribution < 1.29 is 9.59 Å². The number of halogens is 1. The van der Waals surface area contributed by atoms with Gasteiger partial charge in [-0.2, -0.15) is 0 Å². The van der Waals surface area contributed by atoms with Gasteiger partial charge >= 0.3 is 0 Å². The van der Waals surface area contributed by atoms with Gasteiger partial charge in [0.1, 0.15) is 6.04 Å². The summed E-state index contributed by atoms with van der Waals surface area (Å²) < 4.78 is 0. The molecule has 0 saturated heterocycles. The molecule has 1 N–H and O–H groups in total. The Hall–Kier alpha value is -2.76. The largest absolute Gasteiger partial charge is 0.354 e. The van der Waals surface area contributed by atoms with Crippen LogP contribution >= 0.6 is 23.4 Å². The van der Waals surface area contributed by atoms with Crippen molar-refractivity contribution >= 4 is 35.2 Å². The lowest BCUT2D eigenvalue weighted by molar-refractivity contribution is -0.139. The van der Waals surface area contributed by atoms with Crippen molar-refractivity contribution in [2.45, 2.75) is 45.0 Å². The molecule has 0 saturated carbocycles. The highest BCUT2D eigenvalue weighted by Gasteiger charge is 2.30. The fourth-order valence-electron chi connectivity index (χ4n) is 3.78. The third kappa shape index (κ3) is 8.75. The summed E-state index contributed by atoms with van der Waals surface area (Å²) in [5, 5.41) is 3.70. The molecule has 3 rings (SSSR count). The van der Waals surface area contributed by atoms with E-state index in [0.717, 1.165) is 28.7 Å². The van der Waals surface area contributed by atoms with Crippen LogP contribution in [0.2, 0.25) is 5.02 Å². The SMILES string of the molecule is CCCNC(=O)[C@H](Cc1ccccc1)N(Cc1ccc(C)cc1)C(=O)CSCc1cccc(Cl)c1. The van der Waals surface area contributed by atoms with Crippen LogP contribution in [-0.4, -0.2) is 35.1 Å². The van der Waals surface area contributed by atoms with Crippen LogP contribution in [0.5, 0.6) is 0 Å². The van der Waals surface area contributed by atoms with Crippen LogP contribution in [0, 0.1) is 6.92 Å². The molecule has 0 aliphatic heterocycles. The molecule has 3 aromatic rings. The summed E-state index contributed by atoms with van der Waals surface area (Å²) in [6, 6.07) is 25.1. The molecule has 2 amide bonds. The Balaban J connectivity index is 1.82. The first-order chi connectivity index (χ1) is 17.0. The molecule has 0 heterocycles. The molecule has 184 valence electrons. The smallest absolute Gasteiger partial charge is 0.243 e. The average Bonchev–Trinajstić information content (AvgIpc) is 2.86. The summed E-state index contributed by atoms with van der Waals surface area (Å²) in [7, 11) is 0. The predicted octanol–water partition coefficient (Wildman–Crippen LogP) is 6.05. The van der Waals surface area contributed by atoms with E-state index in [1.165, 1.54) is 11.8 Å². The van der Waals surface area contributed by atoms with Crippen LogP contribution in [0.15, 0.2) is 78.9 Å². The molecule has 35 heavy (non-hydrogen) atoms. The molecule has 0 unspecified atom stereocenters. The zero-order chi connectivity index (χ0) is 25.0. The number of benzene rings is 3. The van der Waals surface area contributed by atoms with E-state index < -0.39 is 6.04 Å². The van der Waals surface area contributed by atoms with Gasteiger partial charge in [0.2, 0.25) is 11.8 Å². The minimum atomic E-state index is -0.593. The van der Waals surface area contributed by atoms with Crippen molar-refractivity contribution in [3.63, 3.8) is 0 Å². The second kappa shape index (κ2) is 14.0. The van der Waals surface area contributed by atoms with E-state index in [0.29, 0.717) is 30.3 Å². The fraction of sp³-hybridized carbons (Fsp3) is 0.310. The second-order valence-corrected chi connectivity index (χ2v) is 10.0. The molecule has 1 atom stereocenters. The lowest BCUT2D eigenvalue weighted by Crippen LogP contribution is -2.51. The number of thioether (sulfide) groups is 1. The van der Waals surface area contributed by atoms with Gasteiger partial charge in [0.05, 0.1) is 5.75 Å². The minimum absolute atomic E-state index is 0.0508. The average molecular weight is 509 g/mol. The van der Waals surface area contributed by atoms with Gasteiger partial charge in [-0.3, -0.25) is 9.59 Å². The van der Waals surface area contributed by atoms with E-state index in [9.17, 15) is 9.59 Å². The number of rotatable bonds is 12. The highest BCUT2D eigenvalue weighted by atomic mass is 35.5. The highest BCUT2D eigenvalue weighted by Crippen LogP contribution is 2.20. The van der Waals surface area contributed by atoms with E-state index in [1.807, 2.05) is 92.7 Å². The molecule has 0 aliphatic rings. The number of hydrogen-bond donors (Lipinski definition) is 1. The molecule has 0 aliphatic carbocycles. The standard InChI is InChI=1S/C29H33ClN2O2S/c1-3-16-31-29(34)27(18-23-8-5-4-6-9-23)32(19-24-14-12-22(2)13-15-24)28(33)21-35-20-25-10-7-11-26(30)17-25/h4-15,17,27H,3,16,18-21H2,1-2H3,(H,31,34)/t27-/m0/s1. The molecule has 0 spiro atoms. The summed E-state index contributed by atoms with van der Waals surface area (Å²) in [6.07, 6.45) is 1.30. The van der Waals surface area contributed by atoms with Crippen molar-refractivity contribution in [2.75, 3.05) is 12.3 Å². The topological polar surface area (TPSA) is 49.4 Å². The zero-order valence-corrected chi connectivity index (χ0v) is 21.9. The molecular formula is C29H33ClN2O2S. The first-order valence-corrected chi connectivity index (χ1v) is 13.5. The van der Waals surface area contributed by atoms with Gasteiger partial charge in [0, 0.05) is 30.3 Å². The van der Waals surface area contributed by atoms with Crippen LogP contribution in [0.3, 0.4) is 0 Å². The van der Waals surface area contributed by atoms with Gasteiger partial charge in [-0.15, -0.1) is 11.8 Å². The first kappa shape index (κ1) is 26.8. The summed E-state index contributed by atoms with van der Waals surface area (Å²) in [6.45, 7) is 5.03. The molecule has 3 aromatic carbocycles. The summed E-state index contributed by atoms with van der Waals surface area (Å²) >= 11 is 7.64. The van der Waals surface area contributed by atoms with Gasteiger partial charge in [0.25, 0.3) is 0 Å². The monoisotopic (exact) mass is 508 g/mol. The molecule has 0 aromatic heterocycles. The van der Waals surface area contributed by atoms with Crippen molar-refractivity contribution in [3.05, 3.63) is 106 Å². The normalized spacial score (nSPS) is 11.6. The number of aryl methyl sites for hydroxylation is 1. The summed E-state index contributed by atoms with van der Waals surface area (Å²) in [5.74, 6) is 0.794. The third-order valence-corrected chi connectivity index (χ3v) is 6.90. The Bertz CT molecular complexity index is 1090. The van der Waals surface area contributed by atoms with E-state index >= 15 is 0 Å². The van der Waals surface area contributed by atoms with Gasteiger partial charge in [0.15, 0.2) is 0 Å². The van der Waals surface area contributed by atoms with Crippen LogP contribution < -0.4 is 5.32 Å². The third-order valence-electron chi connectivity index (χ3n) is 5.68. The van der Waals surface area contributed by atoms with Gasteiger partial charge in [-0.25, -0.2) is 0 Å². The Morgan fingerprint density at radius 1 is 0.943 bits per heavy atom. The number of carbonyl (C=O) groups is 2. The number of nitrogens with zero attached hydrogens (tertiary/aromatic N) is 1. The second-order valence-electron chi connectivity index (χ2n) is 8.63. The van der Waals surface area contributed by atoms with Crippen LogP contribution in [0.25, 0.3) is 0 Å². The van der Waals surface area contributed by atoms with E-state index in [1.54, 1.807) is 4.90 Å². The minimum Gasteiger partial charge on any atom is -0.354 e. The van der Waals surface area contributed by atoms with Crippen LogP contribution in [0.1, 0.15) is 35.6 Å². The fourth-order valence-corrected chi connectivity index (χ4v) is 4.85. The molecule has 0 radical (unpaired) electrons. The van der Waals surface area contributed by atoms with Gasteiger partial charge < -0.3 is 10.2 Å². The lowest BCUT2D eigenvalue weighted by atomic mass is 10.0. The number of amides is 2. The molecule has 0 bridgehead atoms. The number of carbonyl (C=O) groups excluding carboxylic acids is 2. The first-order valence-electron chi connectivity index (χ1n) is 11.9. The van der Waals surface area contributed by atoms with E-state index in [2.05, 4.69) is 5.32 Å². The Kier molecular flexibility index (Phi) is 10.7. The van der Waals surface area contributed by atoms with Gasteiger partial charge in [-0.05, 0) is 42.2 Å². The van der Waals surface area contributed by atoms with E-state index in [4.69, 9.17) is 11.6 Å². The van der Waals surface area contributed by atoms with E-state index in [-0.39, 0.29) is 17.6 Å². The van der Waals surface area contributed by atoms with Crippen molar-refractivity contribution in [2.24, 2.45) is 0 Å². The highest BCUT2D eigenvalue weighted by molar-refractivity contribution is 7.99. The number of hydrogen-bond acceptors (Lipinski definition) is 3. The molecular weight excluding hydrogens is 476 g/mol. The maximum absolute atomic E-state index is 13.6. The van der Waals surface area contributed by atoms with Crippen molar-refractivity contribution in [3.8, 4) is 0 Å². The zero-order valence-electron chi connectivity index (χ0n) is 20.4. The van der Waals surface area contributed by atoms with Crippen LogP contribution in [0.4, 0.5) is 0 Å². The molecule has 4 nitrogen and oxygen atoms in total. The van der Waals surface area contributed by atoms with Crippen molar-refractivity contribution in [1.82, 2.24) is 10.2 Å². The Morgan fingerprint density at radius 2 is 1.66 bits per heavy atom. The molecule has 0 fully saturated rings. The summed E-state index contributed by atoms with van der Waals surface area (Å²) in [4.78, 5) is 28.6.